The zero-order valence-corrected chi connectivity index (χ0v) is 10.3. The maximum atomic E-state index is 11.5. The molecular weight excluding hydrogens is 230 g/mol. The van der Waals surface area contributed by atoms with Gasteiger partial charge in [0, 0.05) is 11.3 Å². The van der Waals surface area contributed by atoms with Crippen molar-refractivity contribution < 1.29 is 9.53 Å². The predicted molar refractivity (Wildman–Crippen MR) is 69.2 cm³/mol. The summed E-state index contributed by atoms with van der Waals surface area (Å²) in [4.78, 5) is 14.6. The number of amides is 1. The van der Waals surface area contributed by atoms with Crippen LogP contribution in [0.4, 0.5) is 0 Å². The van der Waals surface area contributed by atoms with Gasteiger partial charge in [-0.3, -0.25) is 10.2 Å². The van der Waals surface area contributed by atoms with Gasteiger partial charge >= 0.3 is 0 Å². The summed E-state index contributed by atoms with van der Waals surface area (Å²) in [7, 11) is 1.61. The van der Waals surface area contributed by atoms with E-state index in [1.54, 1.807) is 7.11 Å². The Morgan fingerprint density at radius 1 is 1.39 bits per heavy atom. The van der Waals surface area contributed by atoms with Crippen LogP contribution in [0.3, 0.4) is 0 Å². The van der Waals surface area contributed by atoms with E-state index in [-0.39, 0.29) is 5.91 Å². The number of aromatic amines is 1. The molecule has 0 aliphatic rings. The number of hydrazine groups is 1. The minimum absolute atomic E-state index is 0.339. The number of aromatic nitrogens is 1. The molecule has 94 valence electrons. The summed E-state index contributed by atoms with van der Waals surface area (Å²) in [5.41, 5.74) is 5.13. The maximum Gasteiger partial charge on any atom is 0.281 e. The van der Waals surface area contributed by atoms with Gasteiger partial charge in [0.2, 0.25) is 0 Å². The second kappa shape index (κ2) is 4.93. The van der Waals surface area contributed by atoms with Crippen molar-refractivity contribution in [2.75, 3.05) is 7.11 Å². The molecule has 0 unspecified atom stereocenters. The lowest BCUT2D eigenvalue weighted by Gasteiger charge is -2.05. The SMILES string of the molecule is COc1ccccc1-c1cc(C)c(C(=O)NN)[nH]1. The molecule has 0 aliphatic heterocycles. The van der Waals surface area contributed by atoms with Crippen LogP contribution in [0.15, 0.2) is 30.3 Å². The number of ether oxygens (including phenoxy) is 1. The highest BCUT2D eigenvalue weighted by molar-refractivity contribution is 5.94. The zero-order chi connectivity index (χ0) is 13.1. The molecule has 1 aromatic heterocycles. The summed E-state index contributed by atoms with van der Waals surface area (Å²) < 4.78 is 5.29. The molecule has 0 radical (unpaired) electrons. The fourth-order valence-electron chi connectivity index (χ4n) is 1.88. The van der Waals surface area contributed by atoms with Gasteiger partial charge < -0.3 is 9.72 Å². The molecule has 5 nitrogen and oxygen atoms in total. The highest BCUT2D eigenvalue weighted by Crippen LogP contribution is 2.30. The van der Waals surface area contributed by atoms with Crippen molar-refractivity contribution in [2.45, 2.75) is 6.92 Å². The Hall–Kier alpha value is -2.27. The third-order valence-corrected chi connectivity index (χ3v) is 2.77. The van der Waals surface area contributed by atoms with Crippen LogP contribution >= 0.6 is 0 Å². The van der Waals surface area contributed by atoms with Crippen molar-refractivity contribution in [3.63, 3.8) is 0 Å². The van der Waals surface area contributed by atoms with Crippen LogP contribution in [-0.2, 0) is 0 Å². The summed E-state index contributed by atoms with van der Waals surface area (Å²) in [5.74, 6) is 5.54. The first kappa shape index (κ1) is 12.2. The van der Waals surface area contributed by atoms with E-state index < -0.39 is 0 Å². The van der Waals surface area contributed by atoms with E-state index in [4.69, 9.17) is 10.6 Å². The number of carbonyl (C=O) groups is 1. The van der Waals surface area contributed by atoms with Crippen LogP contribution < -0.4 is 16.0 Å². The molecule has 2 rings (SSSR count). The summed E-state index contributed by atoms with van der Waals surface area (Å²) in [6.07, 6.45) is 0. The Balaban J connectivity index is 2.49. The minimum Gasteiger partial charge on any atom is -0.496 e. The number of hydrogen-bond acceptors (Lipinski definition) is 3. The van der Waals surface area contributed by atoms with Gasteiger partial charge in [-0.05, 0) is 30.7 Å². The molecule has 1 heterocycles. The van der Waals surface area contributed by atoms with Gasteiger partial charge in [0.25, 0.3) is 5.91 Å². The molecule has 0 saturated carbocycles. The summed E-state index contributed by atoms with van der Waals surface area (Å²) in [5, 5.41) is 0. The lowest BCUT2D eigenvalue weighted by atomic mass is 10.1. The molecule has 0 fully saturated rings. The predicted octanol–water partition coefficient (Wildman–Crippen LogP) is 1.60. The van der Waals surface area contributed by atoms with E-state index in [2.05, 4.69) is 10.4 Å². The summed E-state index contributed by atoms with van der Waals surface area (Å²) >= 11 is 0. The third kappa shape index (κ3) is 2.08. The third-order valence-electron chi connectivity index (χ3n) is 2.77. The molecule has 5 heteroatoms. The van der Waals surface area contributed by atoms with Crippen LogP contribution in [0.5, 0.6) is 5.75 Å². The fraction of sp³-hybridized carbons (Fsp3) is 0.154. The first-order valence-electron chi connectivity index (χ1n) is 5.51. The fourth-order valence-corrected chi connectivity index (χ4v) is 1.88. The molecule has 0 spiro atoms. The van der Waals surface area contributed by atoms with Crippen LogP contribution in [0.1, 0.15) is 16.1 Å². The minimum atomic E-state index is -0.339. The number of rotatable bonds is 3. The number of para-hydroxylation sites is 1. The van der Waals surface area contributed by atoms with Crippen LogP contribution in [0.25, 0.3) is 11.3 Å². The number of benzene rings is 1. The number of aryl methyl sites for hydroxylation is 1. The monoisotopic (exact) mass is 245 g/mol. The zero-order valence-electron chi connectivity index (χ0n) is 10.3. The number of methoxy groups -OCH3 is 1. The van der Waals surface area contributed by atoms with Gasteiger partial charge in [-0.15, -0.1) is 0 Å². The van der Waals surface area contributed by atoms with E-state index in [9.17, 15) is 4.79 Å². The van der Waals surface area contributed by atoms with Crippen molar-refractivity contribution in [2.24, 2.45) is 5.84 Å². The average Bonchev–Trinajstić information content (AvgIpc) is 2.79. The smallest absolute Gasteiger partial charge is 0.281 e. The van der Waals surface area contributed by atoms with Crippen molar-refractivity contribution >= 4 is 5.91 Å². The Kier molecular flexibility index (Phi) is 3.34. The molecule has 1 amide bonds. The average molecular weight is 245 g/mol. The highest BCUT2D eigenvalue weighted by Gasteiger charge is 2.14. The lowest BCUT2D eigenvalue weighted by Crippen LogP contribution is -2.30. The highest BCUT2D eigenvalue weighted by atomic mass is 16.5. The Bertz CT molecular complexity index is 575. The normalized spacial score (nSPS) is 10.2. The topological polar surface area (TPSA) is 80.1 Å². The van der Waals surface area contributed by atoms with Crippen molar-refractivity contribution in [3.05, 3.63) is 41.6 Å². The van der Waals surface area contributed by atoms with E-state index >= 15 is 0 Å². The molecule has 0 bridgehead atoms. The van der Waals surface area contributed by atoms with E-state index in [0.29, 0.717) is 5.69 Å². The van der Waals surface area contributed by atoms with Crippen LogP contribution in [0.2, 0.25) is 0 Å². The number of nitrogen functional groups attached to an aromatic ring is 1. The molecule has 1 aromatic carbocycles. The molecular formula is C13H15N3O2. The number of hydrogen-bond donors (Lipinski definition) is 3. The van der Waals surface area contributed by atoms with Gasteiger partial charge in [-0.1, -0.05) is 12.1 Å². The number of nitrogens with one attached hydrogen (secondary N) is 2. The van der Waals surface area contributed by atoms with Crippen molar-refractivity contribution in [1.82, 2.24) is 10.4 Å². The second-order valence-corrected chi connectivity index (χ2v) is 3.91. The number of H-pyrrole nitrogens is 1. The summed E-state index contributed by atoms with van der Waals surface area (Å²) in [6, 6.07) is 9.49. The van der Waals surface area contributed by atoms with Crippen LogP contribution in [-0.4, -0.2) is 18.0 Å². The van der Waals surface area contributed by atoms with Gasteiger partial charge in [0.05, 0.1) is 7.11 Å². The van der Waals surface area contributed by atoms with Gasteiger partial charge in [0.1, 0.15) is 11.4 Å². The maximum absolute atomic E-state index is 11.5. The van der Waals surface area contributed by atoms with Gasteiger partial charge in [-0.25, -0.2) is 5.84 Å². The Morgan fingerprint density at radius 3 is 2.78 bits per heavy atom. The molecule has 18 heavy (non-hydrogen) atoms. The molecule has 0 saturated heterocycles. The van der Waals surface area contributed by atoms with Crippen molar-refractivity contribution in [1.29, 1.82) is 0 Å². The van der Waals surface area contributed by atoms with E-state index in [0.717, 1.165) is 22.6 Å². The van der Waals surface area contributed by atoms with E-state index in [1.165, 1.54) is 0 Å². The van der Waals surface area contributed by atoms with Crippen LogP contribution in [0, 0.1) is 6.92 Å². The van der Waals surface area contributed by atoms with Crippen molar-refractivity contribution in [3.8, 4) is 17.0 Å². The number of carbonyl (C=O) groups excluding carboxylic acids is 1. The quantitative estimate of drug-likeness (QED) is 0.436. The molecule has 0 atom stereocenters. The van der Waals surface area contributed by atoms with Gasteiger partial charge in [0.15, 0.2) is 0 Å². The number of nitrogens with two attached hydrogens (primary N) is 1. The second-order valence-electron chi connectivity index (χ2n) is 3.91. The molecule has 4 N–H and O–H groups in total. The standard InChI is InChI=1S/C13H15N3O2/c1-8-7-10(15-12(8)13(17)16-14)9-5-3-4-6-11(9)18-2/h3-7,15H,14H2,1-2H3,(H,16,17). The first-order valence-corrected chi connectivity index (χ1v) is 5.51. The Morgan fingerprint density at radius 2 is 2.11 bits per heavy atom. The van der Waals surface area contributed by atoms with Gasteiger partial charge in [-0.2, -0.15) is 0 Å². The molecule has 2 aromatic rings. The summed E-state index contributed by atoms with van der Waals surface area (Å²) in [6.45, 7) is 1.85. The van der Waals surface area contributed by atoms with E-state index in [1.807, 2.05) is 37.3 Å². The largest absolute Gasteiger partial charge is 0.496 e. The molecule has 0 aliphatic carbocycles. The Labute approximate surface area is 105 Å². The lowest BCUT2D eigenvalue weighted by molar-refractivity contribution is 0.0948. The first-order chi connectivity index (χ1) is 8.67.